The van der Waals surface area contributed by atoms with E-state index in [0.717, 1.165) is 41.3 Å². The number of hydrogen-bond donors (Lipinski definition) is 2. The van der Waals surface area contributed by atoms with Gasteiger partial charge in [-0.25, -0.2) is 9.78 Å². The topological polar surface area (TPSA) is 90.6 Å². The number of methoxy groups -OCH3 is 1. The largest absolute Gasteiger partial charge is 0.453 e. The molecule has 2 N–H and O–H groups in total. The Morgan fingerprint density at radius 2 is 2.03 bits per heavy atom. The van der Waals surface area contributed by atoms with E-state index in [4.69, 9.17) is 0 Å². The summed E-state index contributed by atoms with van der Waals surface area (Å²) in [4.78, 5) is 35.9. The highest BCUT2D eigenvalue weighted by molar-refractivity contribution is 5.82. The van der Waals surface area contributed by atoms with Crippen LogP contribution in [0, 0.1) is 6.92 Å². The Hall–Kier alpha value is -3.81. The predicted octanol–water partition coefficient (Wildman–Crippen LogP) is 4.17. The van der Waals surface area contributed by atoms with Crippen molar-refractivity contribution in [2.24, 2.45) is 0 Å². The zero-order chi connectivity index (χ0) is 23.4. The zero-order valence-electron chi connectivity index (χ0n) is 19.2. The summed E-state index contributed by atoms with van der Waals surface area (Å²) in [6.45, 7) is 2.64. The van der Waals surface area contributed by atoms with Crippen molar-refractivity contribution in [1.82, 2.24) is 20.2 Å². The average Bonchev–Trinajstić information content (AvgIpc) is 3.52. The number of aryl methyl sites for hydroxylation is 1. The van der Waals surface area contributed by atoms with Crippen LogP contribution in [0.1, 0.15) is 30.3 Å². The van der Waals surface area contributed by atoms with E-state index in [1.807, 2.05) is 24.4 Å². The molecule has 0 bridgehead atoms. The van der Waals surface area contributed by atoms with Crippen LogP contribution in [0.5, 0.6) is 0 Å². The van der Waals surface area contributed by atoms with E-state index in [0.29, 0.717) is 6.54 Å². The lowest BCUT2D eigenvalue weighted by Crippen LogP contribution is -2.40. The van der Waals surface area contributed by atoms with Gasteiger partial charge in [0.2, 0.25) is 5.91 Å². The molecule has 0 aliphatic carbocycles. The molecule has 3 aromatic rings. The molecule has 33 heavy (non-hydrogen) atoms. The van der Waals surface area contributed by atoms with Crippen molar-refractivity contribution in [2.45, 2.75) is 25.8 Å². The van der Waals surface area contributed by atoms with Crippen LogP contribution in [0.25, 0.3) is 11.3 Å². The quantitative estimate of drug-likeness (QED) is 0.592. The minimum atomic E-state index is -0.616. The van der Waals surface area contributed by atoms with Crippen LogP contribution >= 0.6 is 0 Å². The van der Waals surface area contributed by atoms with Crippen LogP contribution < -0.4 is 10.2 Å². The van der Waals surface area contributed by atoms with Gasteiger partial charge >= 0.3 is 6.09 Å². The molecule has 0 spiro atoms. The van der Waals surface area contributed by atoms with Gasteiger partial charge in [-0.3, -0.25) is 4.79 Å². The molecule has 2 aromatic carbocycles. The molecule has 4 rings (SSSR count). The summed E-state index contributed by atoms with van der Waals surface area (Å²) < 4.78 is 4.55. The highest BCUT2D eigenvalue weighted by Crippen LogP contribution is 2.34. The fourth-order valence-electron chi connectivity index (χ4n) is 4.25. The number of para-hydroxylation sites is 1. The number of H-pyrrole nitrogens is 1. The number of imidazole rings is 1. The number of rotatable bonds is 6. The van der Waals surface area contributed by atoms with E-state index >= 15 is 0 Å². The van der Waals surface area contributed by atoms with Crippen molar-refractivity contribution in [3.05, 3.63) is 66.1 Å². The van der Waals surface area contributed by atoms with Crippen molar-refractivity contribution < 1.29 is 14.3 Å². The number of aromatic amines is 1. The number of hydrogen-bond acceptors (Lipinski definition) is 5. The van der Waals surface area contributed by atoms with E-state index in [9.17, 15) is 9.59 Å². The van der Waals surface area contributed by atoms with Crippen molar-refractivity contribution in [2.75, 3.05) is 32.1 Å². The van der Waals surface area contributed by atoms with Gasteiger partial charge in [0, 0.05) is 30.5 Å². The summed E-state index contributed by atoms with van der Waals surface area (Å²) >= 11 is 0. The predicted molar refractivity (Wildman–Crippen MR) is 127 cm³/mol. The third kappa shape index (κ3) is 4.84. The summed E-state index contributed by atoms with van der Waals surface area (Å²) in [5.74, 6) is 0.607. The SMILES string of the molecule is COC(=O)NCC(=O)N1CCC[C@H]1c1ncc(-c2ccc(C)c(N(C)c3ccccc3)c2)[nH]1. The first kappa shape index (κ1) is 22.4. The van der Waals surface area contributed by atoms with E-state index in [-0.39, 0.29) is 18.5 Å². The summed E-state index contributed by atoms with van der Waals surface area (Å²) in [6, 6.07) is 16.4. The molecule has 1 aliphatic heterocycles. The zero-order valence-corrected chi connectivity index (χ0v) is 19.2. The molecule has 0 radical (unpaired) electrons. The smallest absolute Gasteiger partial charge is 0.407 e. The molecule has 8 nitrogen and oxygen atoms in total. The first-order valence-corrected chi connectivity index (χ1v) is 11.0. The number of ether oxygens (including phenoxy) is 1. The van der Waals surface area contributed by atoms with Crippen LogP contribution in [0.4, 0.5) is 16.2 Å². The number of benzene rings is 2. The van der Waals surface area contributed by atoms with E-state index in [1.54, 1.807) is 4.90 Å². The summed E-state index contributed by atoms with van der Waals surface area (Å²) in [7, 11) is 3.33. The fourth-order valence-corrected chi connectivity index (χ4v) is 4.25. The summed E-state index contributed by atoms with van der Waals surface area (Å²) in [5.41, 5.74) is 5.33. The maximum atomic E-state index is 12.6. The van der Waals surface area contributed by atoms with Gasteiger partial charge in [-0.1, -0.05) is 30.3 Å². The van der Waals surface area contributed by atoms with Crippen molar-refractivity contribution >= 4 is 23.4 Å². The Bertz CT molecular complexity index is 1130. The van der Waals surface area contributed by atoms with Crippen LogP contribution in [0.2, 0.25) is 0 Å². The standard InChI is InChI=1S/C25H29N5O3/c1-17-11-12-18(14-22(17)29(2)19-8-5-4-6-9-19)20-15-26-24(28-20)21-10-7-13-30(21)23(31)16-27-25(32)33-3/h4-6,8-9,11-12,14-15,21H,7,10,13,16H2,1-3H3,(H,26,28)(H,27,32)/t21-/m0/s1. The van der Waals surface area contributed by atoms with Gasteiger partial charge in [0.05, 0.1) is 25.0 Å². The normalized spacial score (nSPS) is 15.4. The van der Waals surface area contributed by atoms with Crippen molar-refractivity contribution in [3.63, 3.8) is 0 Å². The molecule has 1 fully saturated rings. The van der Waals surface area contributed by atoms with E-state index in [1.165, 1.54) is 12.7 Å². The summed E-state index contributed by atoms with van der Waals surface area (Å²) in [6.07, 6.45) is 2.92. The maximum absolute atomic E-state index is 12.6. The molecule has 1 atom stereocenters. The van der Waals surface area contributed by atoms with Gasteiger partial charge in [0.1, 0.15) is 12.4 Å². The number of alkyl carbamates (subject to hydrolysis) is 1. The number of carbonyl (C=O) groups excluding carboxylic acids is 2. The highest BCUT2D eigenvalue weighted by atomic mass is 16.5. The molecule has 1 aromatic heterocycles. The van der Waals surface area contributed by atoms with Crippen LogP contribution in [0.15, 0.2) is 54.7 Å². The van der Waals surface area contributed by atoms with Crippen LogP contribution in [0.3, 0.4) is 0 Å². The Morgan fingerprint density at radius 1 is 1.24 bits per heavy atom. The summed E-state index contributed by atoms with van der Waals surface area (Å²) in [5, 5.41) is 2.46. The number of carbonyl (C=O) groups is 2. The fraction of sp³-hybridized carbons (Fsp3) is 0.320. The van der Waals surface area contributed by atoms with Gasteiger partial charge in [-0.05, 0) is 43.5 Å². The first-order valence-electron chi connectivity index (χ1n) is 11.0. The second-order valence-corrected chi connectivity index (χ2v) is 8.17. The molecule has 0 saturated carbocycles. The monoisotopic (exact) mass is 447 g/mol. The minimum Gasteiger partial charge on any atom is -0.453 e. The number of amides is 2. The lowest BCUT2D eigenvalue weighted by Gasteiger charge is -2.23. The minimum absolute atomic E-state index is 0.0934. The third-order valence-electron chi connectivity index (χ3n) is 6.08. The Balaban J connectivity index is 1.53. The van der Waals surface area contributed by atoms with E-state index in [2.05, 4.69) is 69.2 Å². The molecule has 8 heteroatoms. The lowest BCUT2D eigenvalue weighted by molar-refractivity contribution is -0.131. The first-order chi connectivity index (χ1) is 16.0. The Labute approximate surface area is 193 Å². The van der Waals surface area contributed by atoms with Gasteiger partial charge in [-0.15, -0.1) is 0 Å². The van der Waals surface area contributed by atoms with Gasteiger partial charge in [-0.2, -0.15) is 0 Å². The van der Waals surface area contributed by atoms with Crippen LogP contribution in [-0.2, 0) is 9.53 Å². The van der Waals surface area contributed by atoms with Gasteiger partial charge < -0.3 is 24.8 Å². The molecule has 0 unspecified atom stereocenters. The Kier molecular flexibility index (Phi) is 6.63. The number of nitrogens with zero attached hydrogens (tertiary/aromatic N) is 3. The number of anilines is 2. The highest BCUT2D eigenvalue weighted by Gasteiger charge is 2.32. The molecule has 1 aliphatic rings. The third-order valence-corrected chi connectivity index (χ3v) is 6.08. The van der Waals surface area contributed by atoms with Gasteiger partial charge in [0.15, 0.2) is 0 Å². The van der Waals surface area contributed by atoms with Crippen molar-refractivity contribution in [1.29, 1.82) is 0 Å². The molecular weight excluding hydrogens is 418 g/mol. The number of nitrogens with one attached hydrogen (secondary N) is 2. The Morgan fingerprint density at radius 3 is 2.79 bits per heavy atom. The average molecular weight is 448 g/mol. The molecular formula is C25H29N5O3. The van der Waals surface area contributed by atoms with Crippen LogP contribution in [-0.4, -0.2) is 54.1 Å². The second kappa shape index (κ2) is 9.77. The molecule has 2 amide bonds. The number of aromatic nitrogens is 2. The maximum Gasteiger partial charge on any atom is 0.407 e. The number of likely N-dealkylation sites (tertiary alicyclic amines) is 1. The van der Waals surface area contributed by atoms with E-state index < -0.39 is 6.09 Å². The van der Waals surface area contributed by atoms with Crippen molar-refractivity contribution in [3.8, 4) is 11.3 Å². The van der Waals surface area contributed by atoms with Gasteiger partial charge in [0.25, 0.3) is 0 Å². The molecule has 1 saturated heterocycles. The molecule has 172 valence electrons. The molecule has 2 heterocycles. The second-order valence-electron chi connectivity index (χ2n) is 8.17. The lowest BCUT2D eigenvalue weighted by atomic mass is 10.1.